The predicted octanol–water partition coefficient (Wildman–Crippen LogP) is 14.3. The van der Waals surface area contributed by atoms with E-state index in [1.165, 1.54) is 107 Å². The number of thiophene rings is 2. The van der Waals surface area contributed by atoms with E-state index in [0.29, 0.717) is 5.56 Å². The van der Waals surface area contributed by atoms with Crippen molar-refractivity contribution in [3.05, 3.63) is 102 Å². The van der Waals surface area contributed by atoms with Crippen molar-refractivity contribution in [2.45, 2.75) is 65.2 Å². The van der Waals surface area contributed by atoms with Crippen LogP contribution in [-0.4, -0.2) is 22.6 Å². The molecule has 1 N–H and O–H groups in total. The van der Waals surface area contributed by atoms with Gasteiger partial charge in [0.1, 0.15) is 11.6 Å². The first-order chi connectivity index (χ1) is 24.0. The Balaban J connectivity index is 1.21. The highest BCUT2D eigenvalue weighted by Gasteiger charge is 2.22. The number of hydrogen-bond acceptors (Lipinski definition) is 8. The fraction of sp³-hybridized carbons (Fsp3) is 0.300. The molecule has 0 saturated heterocycles. The summed E-state index contributed by atoms with van der Waals surface area (Å²) in [4.78, 5) is 16.0. The van der Waals surface area contributed by atoms with E-state index >= 15 is 0 Å². The monoisotopic (exact) mass is 759 g/mol. The van der Waals surface area contributed by atoms with Crippen molar-refractivity contribution in [3.8, 4) is 36.7 Å². The molecule has 0 spiro atoms. The molecule has 3 heterocycles. The van der Waals surface area contributed by atoms with Crippen LogP contribution in [0.1, 0.15) is 76.3 Å². The van der Waals surface area contributed by atoms with E-state index in [2.05, 4.69) is 92.0 Å². The first-order valence-corrected chi connectivity index (χ1v) is 22.0. The number of carbonyl (C=O) groups is 1. The Bertz CT molecular complexity index is 1790. The number of hydrogen-bond donors (Lipinski definition) is 1. The van der Waals surface area contributed by atoms with Crippen LogP contribution < -0.4 is 0 Å². The molecule has 1 aliphatic rings. The van der Waals surface area contributed by atoms with E-state index in [-0.39, 0.29) is 5.57 Å². The Kier molecular flexibility index (Phi) is 15.2. The number of rotatable bonds is 18. The average Bonchev–Trinajstić information content (AvgIpc) is 3.88. The van der Waals surface area contributed by atoms with Crippen LogP contribution in [0.5, 0.6) is 0 Å². The van der Waals surface area contributed by atoms with Crippen molar-refractivity contribution in [3.63, 3.8) is 0 Å². The van der Waals surface area contributed by atoms with Crippen molar-refractivity contribution >= 4 is 87.8 Å². The molecule has 9 heteroatoms. The van der Waals surface area contributed by atoms with Crippen molar-refractivity contribution < 1.29 is 9.90 Å². The van der Waals surface area contributed by atoms with E-state index in [1.807, 2.05) is 47.8 Å². The maximum Gasteiger partial charge on any atom is 0.346 e. The third kappa shape index (κ3) is 11.2. The summed E-state index contributed by atoms with van der Waals surface area (Å²) in [5.41, 5.74) is 3.95. The maximum atomic E-state index is 11.2. The molecule has 0 radical (unpaired) electrons. The number of carboxylic acid groups (broad SMARTS) is 1. The first-order valence-electron chi connectivity index (χ1n) is 16.8. The van der Waals surface area contributed by atoms with Gasteiger partial charge >= 0.3 is 5.97 Å². The smallest absolute Gasteiger partial charge is 0.346 e. The molecule has 0 amide bonds. The van der Waals surface area contributed by atoms with Crippen LogP contribution in [0.15, 0.2) is 91.1 Å². The Morgan fingerprint density at radius 1 is 0.673 bits per heavy atom. The molecule has 0 atom stereocenters. The number of benzene rings is 2. The van der Waals surface area contributed by atoms with Gasteiger partial charge in [-0.2, -0.15) is 5.26 Å². The molecule has 3 nitrogen and oxygen atoms in total. The third-order valence-electron chi connectivity index (χ3n) is 7.81. The second-order valence-electron chi connectivity index (χ2n) is 11.6. The molecule has 0 saturated carbocycles. The van der Waals surface area contributed by atoms with Crippen molar-refractivity contribution in [2.75, 3.05) is 11.5 Å². The zero-order chi connectivity index (χ0) is 34.4. The van der Waals surface area contributed by atoms with Crippen LogP contribution in [-0.2, 0) is 4.79 Å². The van der Waals surface area contributed by atoms with Gasteiger partial charge in [-0.1, -0.05) is 124 Å². The molecule has 0 aliphatic carbocycles. The van der Waals surface area contributed by atoms with Crippen molar-refractivity contribution in [1.82, 2.24) is 0 Å². The lowest BCUT2D eigenvalue weighted by Gasteiger charge is -2.05. The SMILES string of the molecule is CCCCCCSC1=C(SCCCCCC)SC(=Cc2ccc(-c3ccc(-c4ccc(-c5ccc(/C=C(/C#N)C(=O)O)cc5)s4)s3)cc2)S1. The number of aliphatic carboxylic acids is 1. The standard InChI is InChI=1S/C40H41NO2S6/c1-3-5-7-9-23-44-39-40(45-24-10-8-6-4-2)49-37(48-39)26-29-13-17-31(18-14-29)34-20-22-36(47-34)35-21-19-33(46-35)30-15-11-28(12-16-30)25-32(27-41)38(42)43/h11-22,25-26H,3-10,23-24H2,1-2H3,(H,42,43)/b32-25-. The molecular formula is C40H41NO2S6. The molecule has 254 valence electrons. The Morgan fingerprint density at radius 2 is 1.14 bits per heavy atom. The summed E-state index contributed by atoms with van der Waals surface area (Å²) in [7, 11) is 0. The molecule has 2 aromatic carbocycles. The van der Waals surface area contributed by atoms with Crippen LogP contribution in [0.25, 0.3) is 42.8 Å². The highest BCUT2D eigenvalue weighted by atomic mass is 32.3. The molecular weight excluding hydrogens is 719 g/mol. The number of nitriles is 1. The van der Waals surface area contributed by atoms with E-state index < -0.39 is 5.97 Å². The quantitative estimate of drug-likeness (QED) is 0.0616. The van der Waals surface area contributed by atoms with Crippen LogP contribution in [0.3, 0.4) is 0 Å². The van der Waals surface area contributed by atoms with Gasteiger partial charge in [0.2, 0.25) is 0 Å². The van der Waals surface area contributed by atoms with E-state index in [1.54, 1.807) is 28.7 Å². The Morgan fingerprint density at radius 3 is 1.59 bits per heavy atom. The van der Waals surface area contributed by atoms with E-state index in [0.717, 1.165) is 10.4 Å². The Hall–Kier alpha value is -2.58. The van der Waals surface area contributed by atoms with Gasteiger partial charge in [0.05, 0.1) is 12.7 Å². The van der Waals surface area contributed by atoms with Gasteiger partial charge < -0.3 is 5.11 Å². The fourth-order valence-electron chi connectivity index (χ4n) is 5.09. The molecule has 49 heavy (non-hydrogen) atoms. The van der Waals surface area contributed by atoms with Gasteiger partial charge in [0.25, 0.3) is 0 Å². The first kappa shape index (κ1) is 37.7. The van der Waals surface area contributed by atoms with Gasteiger partial charge in [-0.3, -0.25) is 0 Å². The summed E-state index contributed by atoms with van der Waals surface area (Å²) in [6.45, 7) is 4.55. The largest absolute Gasteiger partial charge is 0.477 e. The lowest BCUT2D eigenvalue weighted by molar-refractivity contribution is -0.132. The lowest BCUT2D eigenvalue weighted by Crippen LogP contribution is -1.97. The minimum absolute atomic E-state index is 0.274. The normalized spacial score (nSPS) is 13.2. The molecule has 5 rings (SSSR count). The number of nitrogens with zero attached hydrogens (tertiary/aromatic N) is 1. The minimum atomic E-state index is -1.22. The van der Waals surface area contributed by atoms with Crippen molar-refractivity contribution in [2.24, 2.45) is 0 Å². The molecule has 0 fully saturated rings. The molecule has 0 bridgehead atoms. The molecule has 4 aromatic rings. The summed E-state index contributed by atoms with van der Waals surface area (Å²) in [5, 5.41) is 18.1. The highest BCUT2D eigenvalue weighted by Crippen LogP contribution is 2.58. The van der Waals surface area contributed by atoms with E-state index in [4.69, 9.17) is 10.4 Å². The Labute approximate surface area is 316 Å². The van der Waals surface area contributed by atoms with Crippen LogP contribution in [0.4, 0.5) is 0 Å². The topological polar surface area (TPSA) is 61.1 Å². The maximum absolute atomic E-state index is 11.2. The summed E-state index contributed by atoms with van der Waals surface area (Å²) >= 11 is 11.6. The van der Waals surface area contributed by atoms with Gasteiger partial charge in [-0.15, -0.1) is 46.2 Å². The highest BCUT2D eigenvalue weighted by molar-refractivity contribution is 8.40. The molecule has 1 aliphatic heterocycles. The predicted molar refractivity (Wildman–Crippen MR) is 223 cm³/mol. The van der Waals surface area contributed by atoms with Gasteiger partial charge in [0.15, 0.2) is 0 Å². The van der Waals surface area contributed by atoms with Gasteiger partial charge in [-0.05, 0) is 83.0 Å². The molecule has 0 unspecified atom stereocenters. The number of thioether (sulfide) groups is 4. The lowest BCUT2D eigenvalue weighted by atomic mass is 10.1. The minimum Gasteiger partial charge on any atom is -0.477 e. The van der Waals surface area contributed by atoms with Crippen LogP contribution in [0, 0.1) is 11.3 Å². The summed E-state index contributed by atoms with van der Waals surface area (Å²) in [6.07, 6.45) is 14.3. The fourth-order valence-corrected chi connectivity index (χ4v) is 13.1. The average molecular weight is 760 g/mol. The van der Waals surface area contributed by atoms with Crippen LogP contribution >= 0.6 is 69.7 Å². The number of carboxylic acids is 1. The van der Waals surface area contributed by atoms with Crippen molar-refractivity contribution in [1.29, 1.82) is 5.26 Å². The number of unbranched alkanes of at least 4 members (excludes halogenated alkanes) is 6. The zero-order valence-electron chi connectivity index (χ0n) is 27.9. The third-order valence-corrected chi connectivity index (χ3v) is 15.8. The second kappa shape index (κ2) is 19.7. The summed E-state index contributed by atoms with van der Waals surface area (Å²) < 4.78 is 4.39. The van der Waals surface area contributed by atoms with E-state index in [9.17, 15) is 4.79 Å². The van der Waals surface area contributed by atoms with Gasteiger partial charge in [-0.25, -0.2) is 4.79 Å². The second-order valence-corrected chi connectivity index (χ2v) is 18.9. The van der Waals surface area contributed by atoms with Gasteiger partial charge in [0, 0.05) is 19.5 Å². The summed E-state index contributed by atoms with van der Waals surface area (Å²) in [6, 6.07) is 27.0. The van der Waals surface area contributed by atoms with Crippen LogP contribution in [0.2, 0.25) is 0 Å². The summed E-state index contributed by atoms with van der Waals surface area (Å²) in [5.74, 6) is 1.21. The zero-order valence-corrected chi connectivity index (χ0v) is 32.8. The molecule has 2 aromatic heterocycles.